The van der Waals surface area contributed by atoms with Crippen LogP contribution in [-0.4, -0.2) is 75.9 Å². The average Bonchev–Trinajstić information content (AvgIpc) is 3.64. The van der Waals surface area contributed by atoms with Gasteiger partial charge in [-0.1, -0.05) is 37.3 Å². The van der Waals surface area contributed by atoms with Gasteiger partial charge in [-0.15, -0.1) is 0 Å². The van der Waals surface area contributed by atoms with E-state index in [0.29, 0.717) is 55.0 Å². The number of anilines is 1. The molecular weight excluding hydrogens is 708 g/mol. The lowest BCUT2D eigenvalue weighted by molar-refractivity contribution is 0.0904. The Morgan fingerprint density at radius 1 is 0.929 bits per heavy atom. The number of fused-ring (bicyclic) bond motifs is 1. The van der Waals surface area contributed by atoms with E-state index in [0.717, 1.165) is 77.1 Å². The molecule has 0 bridgehead atoms. The van der Waals surface area contributed by atoms with Crippen molar-refractivity contribution in [2.75, 3.05) is 31.6 Å². The summed E-state index contributed by atoms with van der Waals surface area (Å²) in [6, 6.07) is 20.7. The number of benzene rings is 3. The number of carbonyl (C=O) groups is 2. The highest BCUT2D eigenvalue weighted by Crippen LogP contribution is 2.32. The first-order valence-corrected chi connectivity index (χ1v) is 19.9. The van der Waals surface area contributed by atoms with Gasteiger partial charge in [-0.3, -0.25) is 14.5 Å². The number of aromatic nitrogens is 3. The van der Waals surface area contributed by atoms with Crippen LogP contribution in [0.25, 0.3) is 22.2 Å². The zero-order valence-corrected chi connectivity index (χ0v) is 32.8. The molecule has 4 N–H and O–H groups in total. The summed E-state index contributed by atoms with van der Waals surface area (Å²) >= 11 is 0. The Morgan fingerprint density at radius 2 is 1.68 bits per heavy atom. The van der Waals surface area contributed by atoms with Gasteiger partial charge < -0.3 is 26.0 Å². The molecule has 0 spiro atoms. The number of nitrogens with zero attached hydrogens (tertiary/aromatic N) is 4. The van der Waals surface area contributed by atoms with Crippen molar-refractivity contribution < 1.29 is 18.7 Å². The standard InChI is InChI=1S/C44H53FN8O3/c1-5-40-37(41(50-35-15-17-56-18-16-35)38-25-49-53(6-2)42(38)51-40)24-48-44(55)34-12-8-11-33(21-34)43(54)47-23-30-13-14-39(45)36(20-30)32-10-7-9-31(19-32)27-52-26-28(3)46-22-29(52)4/h7-14,19-21,25,28-29,35,46H,5-6,15-18,22-24,26-27H2,1-4H3,(H,47,54)(H,48,55)(H,50,51)/t28-,29+/m0/s1. The highest BCUT2D eigenvalue weighted by molar-refractivity contribution is 6.00. The highest BCUT2D eigenvalue weighted by atomic mass is 19.1. The van der Waals surface area contributed by atoms with Crippen LogP contribution in [0.2, 0.25) is 0 Å². The van der Waals surface area contributed by atoms with E-state index in [1.165, 1.54) is 6.07 Å². The van der Waals surface area contributed by atoms with E-state index < -0.39 is 0 Å². The molecule has 5 aromatic rings. The topological polar surface area (TPSA) is 125 Å². The highest BCUT2D eigenvalue weighted by Gasteiger charge is 2.24. The second kappa shape index (κ2) is 17.7. The van der Waals surface area contributed by atoms with E-state index in [1.807, 2.05) is 29.9 Å². The maximum Gasteiger partial charge on any atom is 0.251 e. The van der Waals surface area contributed by atoms with Crippen molar-refractivity contribution in [1.82, 2.24) is 35.6 Å². The summed E-state index contributed by atoms with van der Waals surface area (Å²) in [7, 11) is 0. The zero-order valence-electron chi connectivity index (χ0n) is 32.8. The quantitative estimate of drug-likeness (QED) is 0.108. The van der Waals surface area contributed by atoms with Crippen LogP contribution in [0, 0.1) is 5.82 Å². The summed E-state index contributed by atoms with van der Waals surface area (Å²) in [5.41, 5.74) is 7.51. The Morgan fingerprint density at radius 3 is 2.43 bits per heavy atom. The van der Waals surface area contributed by atoms with Crippen LogP contribution in [0.5, 0.6) is 0 Å². The van der Waals surface area contributed by atoms with Crippen molar-refractivity contribution in [3.8, 4) is 11.1 Å². The summed E-state index contributed by atoms with van der Waals surface area (Å²) in [6.07, 6.45) is 4.31. The van der Waals surface area contributed by atoms with Crippen LogP contribution in [0.15, 0.2) is 72.9 Å². The summed E-state index contributed by atoms with van der Waals surface area (Å²) in [4.78, 5) is 34.4. The SMILES string of the molecule is CCc1nc2c(cnn2CC)c(NC2CCOCC2)c1CNC(=O)c1cccc(C(=O)NCc2ccc(F)c(-c3cccc(CN4C[C@H](C)NC[C@H]4C)c3)c2)c1. The smallest absolute Gasteiger partial charge is 0.251 e. The van der Waals surface area contributed by atoms with Gasteiger partial charge in [0.1, 0.15) is 5.82 Å². The maximum absolute atomic E-state index is 15.2. The first-order valence-electron chi connectivity index (χ1n) is 19.9. The molecule has 2 aromatic heterocycles. The monoisotopic (exact) mass is 760 g/mol. The summed E-state index contributed by atoms with van der Waals surface area (Å²) in [5, 5.41) is 18.8. The molecule has 7 rings (SSSR count). The minimum Gasteiger partial charge on any atom is -0.381 e. The molecular formula is C44H53FN8O3. The third-order valence-electron chi connectivity index (χ3n) is 11.0. The Labute approximate surface area is 328 Å². The number of halogens is 1. The number of aryl methyl sites for hydroxylation is 2. The minimum atomic E-state index is -0.328. The second-order valence-electron chi connectivity index (χ2n) is 15.0. The van der Waals surface area contributed by atoms with Crippen LogP contribution in [-0.2, 0) is 37.3 Å². The summed E-state index contributed by atoms with van der Waals surface area (Å²) < 4.78 is 22.7. The number of ether oxygens (including phenoxy) is 1. The van der Waals surface area contributed by atoms with Gasteiger partial charge in [-0.2, -0.15) is 5.10 Å². The lowest BCUT2D eigenvalue weighted by Gasteiger charge is -2.37. The number of pyridine rings is 1. The first-order chi connectivity index (χ1) is 27.2. The molecule has 0 radical (unpaired) electrons. The largest absolute Gasteiger partial charge is 0.381 e. The van der Waals surface area contributed by atoms with Crippen molar-refractivity contribution in [3.63, 3.8) is 0 Å². The van der Waals surface area contributed by atoms with Crippen LogP contribution in [0.1, 0.15) is 83.6 Å². The van der Waals surface area contributed by atoms with E-state index in [4.69, 9.17) is 9.72 Å². The number of amides is 2. The number of piperazine rings is 1. The molecule has 0 unspecified atom stereocenters. The van der Waals surface area contributed by atoms with Gasteiger partial charge in [0, 0.05) is 98.6 Å². The number of hydrogen-bond acceptors (Lipinski definition) is 8. The molecule has 2 saturated heterocycles. The summed E-state index contributed by atoms with van der Waals surface area (Å²) in [6.45, 7) is 13.8. The van der Waals surface area contributed by atoms with Crippen LogP contribution < -0.4 is 21.3 Å². The minimum absolute atomic E-state index is 0.200. The molecule has 12 heteroatoms. The van der Waals surface area contributed by atoms with Crippen LogP contribution in [0.3, 0.4) is 0 Å². The van der Waals surface area contributed by atoms with Crippen molar-refractivity contribution in [3.05, 3.63) is 112 Å². The molecule has 2 amide bonds. The van der Waals surface area contributed by atoms with E-state index in [9.17, 15) is 9.59 Å². The molecule has 2 fully saturated rings. The number of carbonyl (C=O) groups excluding carboxylic acids is 2. The van der Waals surface area contributed by atoms with E-state index >= 15 is 4.39 Å². The van der Waals surface area contributed by atoms with Gasteiger partial charge in [0.2, 0.25) is 0 Å². The third kappa shape index (κ3) is 8.93. The molecule has 4 heterocycles. The Kier molecular flexibility index (Phi) is 12.4. The Bertz CT molecular complexity index is 2180. The predicted molar refractivity (Wildman–Crippen MR) is 218 cm³/mol. The summed E-state index contributed by atoms with van der Waals surface area (Å²) in [5.74, 6) is -0.940. The molecule has 2 aliphatic heterocycles. The fourth-order valence-corrected chi connectivity index (χ4v) is 7.75. The second-order valence-corrected chi connectivity index (χ2v) is 15.0. The van der Waals surface area contributed by atoms with Gasteiger partial charge >= 0.3 is 0 Å². The van der Waals surface area contributed by atoms with Gasteiger partial charge in [0.25, 0.3) is 11.8 Å². The van der Waals surface area contributed by atoms with Crippen molar-refractivity contribution in [2.45, 2.75) is 91.3 Å². The van der Waals surface area contributed by atoms with Gasteiger partial charge in [0.05, 0.1) is 17.3 Å². The van der Waals surface area contributed by atoms with Gasteiger partial charge in [-0.25, -0.2) is 14.1 Å². The maximum atomic E-state index is 15.2. The van der Waals surface area contributed by atoms with Crippen LogP contribution in [0.4, 0.5) is 10.1 Å². The van der Waals surface area contributed by atoms with Crippen molar-refractivity contribution in [1.29, 1.82) is 0 Å². The normalized spacial score (nSPS) is 17.9. The van der Waals surface area contributed by atoms with E-state index in [2.05, 4.69) is 64.2 Å². The third-order valence-corrected chi connectivity index (χ3v) is 11.0. The number of rotatable bonds is 13. The lowest BCUT2D eigenvalue weighted by atomic mass is 9.99. The van der Waals surface area contributed by atoms with Gasteiger partial charge in [-0.05, 0) is 93.1 Å². The van der Waals surface area contributed by atoms with Gasteiger partial charge in [0.15, 0.2) is 5.65 Å². The molecule has 56 heavy (non-hydrogen) atoms. The van der Waals surface area contributed by atoms with Crippen molar-refractivity contribution >= 4 is 28.5 Å². The molecule has 294 valence electrons. The lowest BCUT2D eigenvalue weighted by Crippen LogP contribution is -2.53. The fraction of sp³-hybridized carbons (Fsp3) is 0.409. The van der Waals surface area contributed by atoms with E-state index in [1.54, 1.807) is 36.4 Å². The van der Waals surface area contributed by atoms with E-state index in [-0.39, 0.29) is 36.8 Å². The number of hydrogen-bond donors (Lipinski definition) is 4. The molecule has 3 aromatic carbocycles. The first kappa shape index (κ1) is 39.1. The molecule has 0 saturated carbocycles. The molecule has 2 aliphatic rings. The Hall–Kier alpha value is -5.17. The molecule has 11 nitrogen and oxygen atoms in total. The number of nitrogens with one attached hydrogen (secondary N) is 4. The molecule has 2 atom stereocenters. The Balaban J connectivity index is 1.02. The average molecular weight is 761 g/mol. The zero-order chi connectivity index (χ0) is 39.2. The predicted octanol–water partition coefficient (Wildman–Crippen LogP) is 6.45. The van der Waals surface area contributed by atoms with Crippen molar-refractivity contribution in [2.24, 2.45) is 0 Å². The fourth-order valence-electron chi connectivity index (χ4n) is 7.75. The molecule has 0 aliphatic carbocycles. The van der Waals surface area contributed by atoms with Crippen LogP contribution >= 0.6 is 0 Å².